The fourth-order valence-electron chi connectivity index (χ4n) is 2.74. The lowest BCUT2D eigenvalue weighted by molar-refractivity contribution is -0.153. The van der Waals surface area contributed by atoms with Crippen molar-refractivity contribution in [3.05, 3.63) is 0 Å². The molecule has 1 fully saturated rings. The molecular weight excluding hydrogens is 270 g/mol. The first-order valence-corrected chi connectivity index (χ1v) is 8.27. The second kappa shape index (κ2) is 10.6. The molecule has 0 aromatic carbocycles. The van der Waals surface area contributed by atoms with Crippen molar-refractivity contribution in [1.82, 2.24) is 0 Å². The number of carboxylic acids is 1. The Morgan fingerprint density at radius 3 is 1.81 bits per heavy atom. The Kier molecular flexibility index (Phi) is 9.06. The van der Waals surface area contributed by atoms with Crippen molar-refractivity contribution < 1.29 is 19.4 Å². The molecule has 1 rings (SSSR count). The molecule has 0 unspecified atom stereocenters. The molecule has 0 aromatic rings. The van der Waals surface area contributed by atoms with Gasteiger partial charge in [-0.25, -0.2) is 0 Å². The quantitative estimate of drug-likeness (QED) is 0.779. The summed E-state index contributed by atoms with van der Waals surface area (Å²) in [6, 6.07) is -1.16. The van der Waals surface area contributed by atoms with Crippen molar-refractivity contribution in [2.45, 2.75) is 89.2 Å². The Morgan fingerprint density at radius 2 is 1.38 bits per heavy atom. The van der Waals surface area contributed by atoms with Gasteiger partial charge in [0.25, 0.3) is 0 Å². The second-order valence-corrected chi connectivity index (χ2v) is 6.02. The Hall–Kier alpha value is -1.10. The van der Waals surface area contributed by atoms with Gasteiger partial charge >= 0.3 is 11.9 Å². The summed E-state index contributed by atoms with van der Waals surface area (Å²) < 4.78 is 5.43. The van der Waals surface area contributed by atoms with Gasteiger partial charge < -0.3 is 15.6 Å². The second-order valence-electron chi connectivity index (χ2n) is 6.02. The van der Waals surface area contributed by atoms with Crippen molar-refractivity contribution in [2.75, 3.05) is 0 Å². The molecule has 1 saturated carbocycles. The smallest absolute Gasteiger partial charge is 0.321 e. The third kappa shape index (κ3) is 8.71. The first-order valence-electron chi connectivity index (χ1n) is 8.27. The third-order valence-electron chi connectivity index (χ3n) is 4.05. The van der Waals surface area contributed by atoms with E-state index in [-0.39, 0.29) is 12.5 Å². The lowest BCUT2D eigenvalue weighted by atomic mass is 9.99. The van der Waals surface area contributed by atoms with Gasteiger partial charge in [-0.2, -0.15) is 0 Å². The van der Waals surface area contributed by atoms with E-state index in [0.29, 0.717) is 0 Å². The lowest BCUT2D eigenvalue weighted by Gasteiger charge is -2.19. The van der Waals surface area contributed by atoms with Crippen molar-refractivity contribution >= 4 is 11.9 Å². The van der Waals surface area contributed by atoms with Crippen LogP contribution in [-0.4, -0.2) is 29.2 Å². The largest absolute Gasteiger partial charge is 0.480 e. The molecule has 3 N–H and O–H groups in total. The number of carbonyl (C=O) groups is 2. The van der Waals surface area contributed by atoms with E-state index in [1.807, 2.05) is 0 Å². The van der Waals surface area contributed by atoms with Crippen LogP contribution in [0.25, 0.3) is 0 Å². The molecule has 0 amide bonds. The van der Waals surface area contributed by atoms with Crippen molar-refractivity contribution in [1.29, 1.82) is 0 Å². The zero-order valence-corrected chi connectivity index (χ0v) is 12.9. The van der Waals surface area contributed by atoms with E-state index in [2.05, 4.69) is 0 Å². The first kappa shape index (κ1) is 18.0. The number of aliphatic carboxylic acids is 1. The summed E-state index contributed by atoms with van der Waals surface area (Å²) in [5, 5.41) is 8.71. The SMILES string of the molecule is N[C@@H](CC(=O)OC1CCCCCCCCCCC1)C(=O)O. The molecule has 21 heavy (non-hydrogen) atoms. The zero-order valence-electron chi connectivity index (χ0n) is 12.9. The Balaban J connectivity index is 2.36. The van der Waals surface area contributed by atoms with Crippen LogP contribution in [0.5, 0.6) is 0 Å². The monoisotopic (exact) mass is 299 g/mol. The van der Waals surface area contributed by atoms with Gasteiger partial charge in [-0.3, -0.25) is 9.59 Å². The Labute approximate surface area is 127 Å². The fourth-order valence-corrected chi connectivity index (χ4v) is 2.74. The molecule has 5 heteroatoms. The number of rotatable bonds is 4. The summed E-state index contributed by atoms with van der Waals surface area (Å²) in [6.07, 6.45) is 12.4. The van der Waals surface area contributed by atoms with Gasteiger partial charge in [0.15, 0.2) is 0 Å². The molecule has 0 aliphatic heterocycles. The van der Waals surface area contributed by atoms with Gasteiger partial charge in [0.05, 0.1) is 6.42 Å². The highest BCUT2D eigenvalue weighted by atomic mass is 16.5. The van der Waals surface area contributed by atoms with Gasteiger partial charge in [0.1, 0.15) is 12.1 Å². The van der Waals surface area contributed by atoms with Crippen LogP contribution in [0.15, 0.2) is 0 Å². The molecule has 1 aliphatic carbocycles. The number of nitrogens with two attached hydrogens (primary N) is 1. The number of esters is 1. The summed E-state index contributed by atoms with van der Waals surface area (Å²) in [7, 11) is 0. The van der Waals surface area contributed by atoms with E-state index >= 15 is 0 Å². The van der Waals surface area contributed by atoms with E-state index in [1.54, 1.807) is 0 Å². The lowest BCUT2D eigenvalue weighted by Crippen LogP contribution is -2.34. The minimum atomic E-state index is -1.16. The average molecular weight is 299 g/mol. The molecule has 1 aliphatic rings. The molecule has 0 bridgehead atoms. The fraction of sp³-hybridized carbons (Fsp3) is 0.875. The van der Waals surface area contributed by atoms with E-state index < -0.39 is 18.0 Å². The highest BCUT2D eigenvalue weighted by Crippen LogP contribution is 2.19. The maximum Gasteiger partial charge on any atom is 0.321 e. The number of hydrogen-bond donors (Lipinski definition) is 2. The van der Waals surface area contributed by atoms with Crippen LogP contribution in [0.1, 0.15) is 77.0 Å². The van der Waals surface area contributed by atoms with Crippen molar-refractivity contribution in [3.63, 3.8) is 0 Å². The first-order chi connectivity index (χ1) is 10.1. The number of carboxylic acid groups (broad SMARTS) is 1. The summed E-state index contributed by atoms with van der Waals surface area (Å²) >= 11 is 0. The molecule has 0 aromatic heterocycles. The minimum absolute atomic E-state index is 0.0714. The van der Waals surface area contributed by atoms with Gasteiger partial charge in [-0.05, 0) is 25.7 Å². The van der Waals surface area contributed by atoms with Crippen LogP contribution in [0.3, 0.4) is 0 Å². The number of ether oxygens (including phenoxy) is 1. The Morgan fingerprint density at radius 1 is 0.952 bits per heavy atom. The highest BCUT2D eigenvalue weighted by Gasteiger charge is 2.20. The summed E-state index contributed by atoms with van der Waals surface area (Å²) in [6.45, 7) is 0. The van der Waals surface area contributed by atoms with Gasteiger partial charge in [0, 0.05) is 0 Å². The molecular formula is C16H29NO4. The molecule has 1 atom stereocenters. The molecule has 5 nitrogen and oxygen atoms in total. The minimum Gasteiger partial charge on any atom is -0.480 e. The molecule has 0 heterocycles. The van der Waals surface area contributed by atoms with Crippen LogP contribution >= 0.6 is 0 Å². The summed E-state index contributed by atoms with van der Waals surface area (Å²) in [5.74, 6) is -1.65. The molecule has 0 radical (unpaired) electrons. The van der Waals surface area contributed by atoms with Crippen LogP contribution in [0.4, 0.5) is 0 Å². The van der Waals surface area contributed by atoms with Gasteiger partial charge in [0.2, 0.25) is 0 Å². The van der Waals surface area contributed by atoms with Gasteiger partial charge in [-0.15, -0.1) is 0 Å². The third-order valence-corrected chi connectivity index (χ3v) is 4.05. The zero-order chi connectivity index (χ0) is 15.5. The predicted octanol–water partition coefficient (Wildman–Crippen LogP) is 3.00. The number of carbonyl (C=O) groups excluding carboxylic acids is 1. The normalized spacial score (nSPS) is 20.8. The van der Waals surface area contributed by atoms with Crippen LogP contribution in [-0.2, 0) is 14.3 Å². The number of hydrogen-bond acceptors (Lipinski definition) is 4. The maximum atomic E-state index is 11.7. The molecule has 0 spiro atoms. The van der Waals surface area contributed by atoms with E-state index in [4.69, 9.17) is 15.6 Å². The van der Waals surface area contributed by atoms with Crippen LogP contribution < -0.4 is 5.73 Å². The van der Waals surface area contributed by atoms with Crippen LogP contribution in [0.2, 0.25) is 0 Å². The molecule has 0 saturated heterocycles. The predicted molar refractivity (Wildman–Crippen MR) is 80.9 cm³/mol. The summed E-state index contributed by atoms with van der Waals surface area (Å²) in [4.78, 5) is 22.4. The topological polar surface area (TPSA) is 89.6 Å². The van der Waals surface area contributed by atoms with Crippen molar-refractivity contribution in [3.8, 4) is 0 Å². The van der Waals surface area contributed by atoms with E-state index in [1.165, 1.54) is 44.9 Å². The standard InChI is InChI=1S/C16H29NO4/c17-14(16(19)20)12-15(18)21-13-10-8-6-4-2-1-3-5-7-9-11-13/h13-14H,1-12,17H2,(H,19,20)/t14-/m0/s1. The maximum absolute atomic E-state index is 11.7. The summed E-state index contributed by atoms with van der Waals surface area (Å²) in [5.41, 5.74) is 5.36. The van der Waals surface area contributed by atoms with Crippen molar-refractivity contribution in [2.24, 2.45) is 5.73 Å². The van der Waals surface area contributed by atoms with Gasteiger partial charge in [-0.1, -0.05) is 44.9 Å². The molecule has 122 valence electrons. The highest BCUT2D eigenvalue weighted by molar-refractivity contribution is 5.81. The van der Waals surface area contributed by atoms with Crippen LogP contribution in [0, 0.1) is 0 Å². The van der Waals surface area contributed by atoms with E-state index in [9.17, 15) is 9.59 Å². The van der Waals surface area contributed by atoms with E-state index in [0.717, 1.165) is 25.7 Å². The average Bonchev–Trinajstić information content (AvgIpc) is 2.41. The Bertz CT molecular complexity index is 307.